The third-order valence-electron chi connectivity index (χ3n) is 14.8. The molecule has 0 N–H and O–H groups in total. The normalized spacial score (nSPS) is 12.8. The maximum absolute atomic E-state index is 2.47. The van der Waals surface area contributed by atoms with Gasteiger partial charge in [0, 0.05) is 33.5 Å². The topological polar surface area (TPSA) is 8.17 Å². The first-order chi connectivity index (χ1) is 34.2. The molecule has 2 heteroatoms. The molecule has 0 bridgehead atoms. The van der Waals surface area contributed by atoms with Crippen molar-refractivity contribution in [3.05, 3.63) is 289 Å². The fraction of sp³-hybridized carbons (Fsp3) is 0.0149. The summed E-state index contributed by atoms with van der Waals surface area (Å²) >= 11 is 0. The van der Waals surface area contributed by atoms with Crippen LogP contribution in [0.15, 0.2) is 267 Å². The highest BCUT2D eigenvalue weighted by Crippen LogP contribution is 2.56. The molecule has 322 valence electrons. The van der Waals surface area contributed by atoms with Crippen LogP contribution in [0, 0.1) is 0 Å². The Labute approximate surface area is 401 Å². The van der Waals surface area contributed by atoms with Crippen molar-refractivity contribution >= 4 is 71.2 Å². The molecule has 13 aromatic rings. The summed E-state index contributed by atoms with van der Waals surface area (Å²) < 4.78 is 2.47. The van der Waals surface area contributed by atoms with Gasteiger partial charge in [-0.15, -0.1) is 0 Å². The van der Waals surface area contributed by atoms with Gasteiger partial charge in [-0.3, -0.25) is 0 Å². The zero-order valence-electron chi connectivity index (χ0n) is 37.8. The lowest BCUT2D eigenvalue weighted by Crippen LogP contribution is -2.28. The van der Waals surface area contributed by atoms with E-state index in [9.17, 15) is 0 Å². The number of nitrogens with zero attached hydrogens (tertiary/aromatic N) is 2. The second kappa shape index (κ2) is 15.6. The second-order valence-electron chi connectivity index (χ2n) is 18.5. The molecule has 0 amide bonds. The van der Waals surface area contributed by atoms with Crippen LogP contribution < -0.4 is 4.90 Å². The molecule has 0 fully saturated rings. The fourth-order valence-electron chi connectivity index (χ4n) is 11.6. The predicted molar refractivity (Wildman–Crippen MR) is 291 cm³/mol. The number of para-hydroxylation sites is 1. The van der Waals surface area contributed by atoms with Gasteiger partial charge in [-0.25, -0.2) is 0 Å². The molecule has 1 aromatic heterocycles. The van der Waals surface area contributed by atoms with Gasteiger partial charge in [-0.1, -0.05) is 194 Å². The number of hydrogen-bond acceptors (Lipinski definition) is 1. The molecule has 0 unspecified atom stereocenters. The van der Waals surface area contributed by atoms with E-state index < -0.39 is 5.41 Å². The van der Waals surface area contributed by atoms with Crippen molar-refractivity contribution in [3.8, 4) is 27.9 Å². The zero-order chi connectivity index (χ0) is 45.5. The van der Waals surface area contributed by atoms with Crippen LogP contribution in [0.1, 0.15) is 22.3 Å². The minimum absolute atomic E-state index is 0.474. The first-order valence-electron chi connectivity index (χ1n) is 23.9. The number of aromatic nitrogens is 1. The van der Waals surface area contributed by atoms with Gasteiger partial charge in [0.2, 0.25) is 0 Å². The molecule has 0 atom stereocenters. The quantitative estimate of drug-likeness (QED) is 0.155. The summed E-state index contributed by atoms with van der Waals surface area (Å²) in [5, 5.41) is 9.78. The van der Waals surface area contributed by atoms with Crippen LogP contribution in [0.5, 0.6) is 0 Å². The average Bonchev–Trinajstić information content (AvgIpc) is 3.91. The van der Waals surface area contributed by atoms with Gasteiger partial charge in [0.25, 0.3) is 0 Å². The van der Waals surface area contributed by atoms with Crippen molar-refractivity contribution in [2.24, 2.45) is 0 Å². The Kier molecular flexibility index (Phi) is 8.84. The van der Waals surface area contributed by atoms with E-state index in [2.05, 4.69) is 276 Å². The number of fused-ring (bicyclic) bond motifs is 9. The van der Waals surface area contributed by atoms with E-state index in [1.54, 1.807) is 0 Å². The Hall–Kier alpha value is -8.98. The number of benzene rings is 12. The molecule has 1 aliphatic carbocycles. The summed E-state index contributed by atoms with van der Waals surface area (Å²) in [7, 11) is 0. The first kappa shape index (κ1) is 39.2. The van der Waals surface area contributed by atoms with E-state index >= 15 is 0 Å². The summed E-state index contributed by atoms with van der Waals surface area (Å²) in [6, 6.07) is 98.7. The minimum atomic E-state index is -0.474. The molecule has 0 spiro atoms. The van der Waals surface area contributed by atoms with Crippen molar-refractivity contribution in [3.63, 3.8) is 0 Å². The van der Waals surface area contributed by atoms with Gasteiger partial charge in [-0.05, 0) is 150 Å². The van der Waals surface area contributed by atoms with Crippen molar-refractivity contribution in [1.29, 1.82) is 0 Å². The monoisotopic (exact) mass is 876 g/mol. The maximum atomic E-state index is 2.47. The molecule has 69 heavy (non-hydrogen) atoms. The van der Waals surface area contributed by atoms with Crippen molar-refractivity contribution in [2.75, 3.05) is 4.90 Å². The van der Waals surface area contributed by atoms with Gasteiger partial charge in [-0.2, -0.15) is 0 Å². The molecule has 1 heterocycles. The Morgan fingerprint density at radius 2 is 0.768 bits per heavy atom. The summed E-state index contributed by atoms with van der Waals surface area (Å²) in [5.41, 5.74) is 16.6. The lowest BCUT2D eigenvalue weighted by atomic mass is 9.67. The van der Waals surface area contributed by atoms with Gasteiger partial charge in [0.15, 0.2) is 0 Å². The molecule has 14 rings (SSSR count). The Morgan fingerprint density at radius 3 is 1.45 bits per heavy atom. The standard InChI is InChI=1S/C67H44N2/c1-3-19-53(20-4-1)67(54-21-5-2-6-22-54)63-25-13-11-23-59(63)60-37-36-58(44-64(60)67)69-65-26-14-12-24-61(65)62-43-52(32-38-66(62)69)49-27-28-51-42-57(35-31-50(51)39-49)68(55-33-29-45-15-7-9-17-47(45)40-55)56-34-30-46-16-8-10-18-48(46)41-56/h1-44H. The van der Waals surface area contributed by atoms with Crippen LogP contribution >= 0.6 is 0 Å². The van der Waals surface area contributed by atoms with E-state index in [1.165, 1.54) is 98.6 Å². The van der Waals surface area contributed by atoms with Crippen molar-refractivity contribution in [2.45, 2.75) is 5.41 Å². The van der Waals surface area contributed by atoms with E-state index in [1.807, 2.05) is 0 Å². The van der Waals surface area contributed by atoms with Gasteiger partial charge in [0.05, 0.1) is 16.4 Å². The Bertz CT molecular complexity index is 4030. The zero-order valence-corrected chi connectivity index (χ0v) is 37.8. The lowest BCUT2D eigenvalue weighted by molar-refractivity contribution is 0.767. The highest BCUT2D eigenvalue weighted by Gasteiger charge is 2.46. The molecule has 12 aromatic carbocycles. The molecule has 2 nitrogen and oxygen atoms in total. The third kappa shape index (κ3) is 6.12. The summed E-state index contributed by atoms with van der Waals surface area (Å²) in [6.45, 7) is 0. The number of rotatable bonds is 7. The SMILES string of the molecule is c1ccc(C2(c3ccccc3)c3ccccc3-c3ccc(-n4c5ccccc5c5cc(-c6ccc7cc(N(c8ccc9ccccc9c8)c8ccc9ccccc9c8)ccc7c6)ccc54)cc32)cc1. The van der Waals surface area contributed by atoms with Crippen LogP contribution in [-0.4, -0.2) is 4.57 Å². The summed E-state index contributed by atoms with van der Waals surface area (Å²) in [6.07, 6.45) is 0. The predicted octanol–water partition coefficient (Wildman–Crippen LogP) is 17.7. The van der Waals surface area contributed by atoms with Crippen LogP contribution in [0.4, 0.5) is 17.1 Å². The number of hydrogen-bond donors (Lipinski definition) is 0. The van der Waals surface area contributed by atoms with E-state index in [0.717, 1.165) is 22.7 Å². The van der Waals surface area contributed by atoms with Crippen LogP contribution in [-0.2, 0) is 5.41 Å². The van der Waals surface area contributed by atoms with Gasteiger partial charge < -0.3 is 9.47 Å². The van der Waals surface area contributed by atoms with Gasteiger partial charge in [0.1, 0.15) is 0 Å². The van der Waals surface area contributed by atoms with E-state index in [-0.39, 0.29) is 0 Å². The molecule has 0 radical (unpaired) electrons. The summed E-state index contributed by atoms with van der Waals surface area (Å²) in [5.74, 6) is 0. The Morgan fingerprint density at radius 1 is 0.290 bits per heavy atom. The second-order valence-corrected chi connectivity index (χ2v) is 18.5. The average molecular weight is 877 g/mol. The van der Waals surface area contributed by atoms with Crippen LogP contribution in [0.2, 0.25) is 0 Å². The molecule has 0 saturated heterocycles. The molecule has 0 aliphatic heterocycles. The van der Waals surface area contributed by atoms with E-state index in [0.29, 0.717) is 0 Å². The van der Waals surface area contributed by atoms with Crippen molar-refractivity contribution in [1.82, 2.24) is 4.57 Å². The molecule has 1 aliphatic rings. The van der Waals surface area contributed by atoms with E-state index in [4.69, 9.17) is 0 Å². The van der Waals surface area contributed by atoms with Gasteiger partial charge >= 0.3 is 0 Å². The largest absolute Gasteiger partial charge is 0.310 e. The first-order valence-corrected chi connectivity index (χ1v) is 23.9. The van der Waals surface area contributed by atoms with Crippen molar-refractivity contribution < 1.29 is 0 Å². The minimum Gasteiger partial charge on any atom is -0.310 e. The summed E-state index contributed by atoms with van der Waals surface area (Å²) in [4.78, 5) is 2.39. The number of anilines is 3. The lowest BCUT2D eigenvalue weighted by Gasteiger charge is -2.34. The Balaban J connectivity index is 0.880. The maximum Gasteiger partial charge on any atom is 0.0714 e. The highest BCUT2D eigenvalue weighted by molar-refractivity contribution is 6.11. The molecular weight excluding hydrogens is 833 g/mol. The third-order valence-corrected chi connectivity index (χ3v) is 14.8. The molecule has 0 saturated carbocycles. The highest BCUT2D eigenvalue weighted by atomic mass is 15.1. The van der Waals surface area contributed by atoms with Crippen LogP contribution in [0.3, 0.4) is 0 Å². The van der Waals surface area contributed by atoms with Crippen LogP contribution in [0.25, 0.3) is 82.1 Å². The fourth-order valence-corrected chi connectivity index (χ4v) is 11.6. The smallest absolute Gasteiger partial charge is 0.0714 e. The molecular formula is C67H44N2.